The van der Waals surface area contributed by atoms with Crippen molar-refractivity contribution in [3.63, 3.8) is 0 Å². The van der Waals surface area contributed by atoms with Gasteiger partial charge >= 0.3 is 0 Å². The molecule has 1 aliphatic heterocycles. The first kappa shape index (κ1) is 18.8. The largest absolute Gasteiger partial charge is 0.372 e. The highest BCUT2D eigenvalue weighted by Gasteiger charge is 2.11. The molecule has 4 nitrogen and oxygen atoms in total. The lowest BCUT2D eigenvalue weighted by Crippen LogP contribution is -2.29. The molecule has 0 atom stereocenters. The lowest BCUT2D eigenvalue weighted by atomic mass is 10.1. The van der Waals surface area contributed by atoms with E-state index in [-0.39, 0.29) is 5.56 Å². The first-order chi connectivity index (χ1) is 13.0. The van der Waals surface area contributed by atoms with Crippen molar-refractivity contribution in [2.24, 2.45) is 0 Å². The molecule has 1 amide bonds. The van der Waals surface area contributed by atoms with Gasteiger partial charge in [-0.3, -0.25) is 9.59 Å². The summed E-state index contributed by atoms with van der Waals surface area (Å²) in [5.74, 6) is -3.19. The number of carbonyl (C=O) groups is 2. The minimum Gasteiger partial charge on any atom is -0.372 e. The number of hydrogen-bond acceptors (Lipinski definition) is 3. The van der Waals surface area contributed by atoms with Crippen molar-refractivity contribution in [1.82, 2.24) is 0 Å². The van der Waals surface area contributed by atoms with E-state index in [2.05, 4.69) is 10.2 Å². The van der Waals surface area contributed by atoms with Gasteiger partial charge in [-0.25, -0.2) is 8.78 Å². The number of allylic oxidation sites excluding steroid dienone is 1. The Bertz CT molecular complexity index is 857. The Morgan fingerprint density at radius 2 is 1.59 bits per heavy atom. The molecule has 0 aromatic heterocycles. The number of halogens is 2. The highest BCUT2D eigenvalue weighted by Crippen LogP contribution is 2.21. The van der Waals surface area contributed by atoms with Crippen LogP contribution < -0.4 is 10.2 Å². The van der Waals surface area contributed by atoms with Crippen molar-refractivity contribution < 1.29 is 18.4 Å². The molecule has 0 aliphatic carbocycles. The minimum atomic E-state index is -1.10. The molecule has 1 fully saturated rings. The number of piperidine rings is 1. The van der Waals surface area contributed by atoms with Crippen LogP contribution in [-0.2, 0) is 4.79 Å². The minimum absolute atomic E-state index is 0.0242. The van der Waals surface area contributed by atoms with E-state index in [1.165, 1.54) is 25.3 Å². The van der Waals surface area contributed by atoms with E-state index >= 15 is 0 Å². The van der Waals surface area contributed by atoms with Gasteiger partial charge in [-0.05, 0) is 67.8 Å². The number of ketones is 1. The number of benzene rings is 2. The van der Waals surface area contributed by atoms with Crippen LogP contribution in [-0.4, -0.2) is 24.8 Å². The number of hydrogen-bond donors (Lipinski definition) is 1. The molecule has 27 heavy (non-hydrogen) atoms. The third-order valence-electron chi connectivity index (χ3n) is 4.45. The van der Waals surface area contributed by atoms with E-state index in [4.69, 9.17) is 0 Å². The Balaban J connectivity index is 1.57. The van der Waals surface area contributed by atoms with E-state index < -0.39 is 23.3 Å². The predicted molar refractivity (Wildman–Crippen MR) is 101 cm³/mol. The number of carbonyl (C=O) groups excluding carboxylic acids is 2. The molecule has 1 aliphatic rings. The molecule has 0 bridgehead atoms. The van der Waals surface area contributed by atoms with Crippen LogP contribution in [0.15, 0.2) is 54.6 Å². The van der Waals surface area contributed by atoms with Crippen molar-refractivity contribution in [3.8, 4) is 0 Å². The summed E-state index contributed by atoms with van der Waals surface area (Å²) in [6.07, 6.45) is 5.75. The van der Waals surface area contributed by atoms with Gasteiger partial charge in [0, 0.05) is 36.1 Å². The lowest BCUT2D eigenvalue weighted by molar-refractivity contribution is -0.111. The standard InChI is InChI=1S/C21H20F2N2O2/c22-18-9-4-15(14-19(18)23)20(26)10-11-21(27)24-16-5-7-17(8-6-16)25-12-2-1-3-13-25/h4-11,14H,1-3,12-13H2,(H,24,27)/b11-10+. The Kier molecular flexibility index (Phi) is 5.96. The van der Waals surface area contributed by atoms with Crippen LogP contribution >= 0.6 is 0 Å². The fraction of sp³-hybridized carbons (Fsp3) is 0.238. The number of nitrogens with zero attached hydrogens (tertiary/aromatic N) is 1. The smallest absolute Gasteiger partial charge is 0.248 e. The second kappa shape index (κ2) is 8.58. The average Bonchev–Trinajstić information content (AvgIpc) is 2.69. The van der Waals surface area contributed by atoms with Crippen molar-refractivity contribution in [2.45, 2.75) is 19.3 Å². The molecule has 0 saturated carbocycles. The average molecular weight is 370 g/mol. The third kappa shape index (κ3) is 5.00. The molecular formula is C21H20F2N2O2. The quantitative estimate of drug-likeness (QED) is 0.629. The Morgan fingerprint density at radius 3 is 2.26 bits per heavy atom. The Labute approximate surface area is 156 Å². The molecule has 2 aromatic carbocycles. The van der Waals surface area contributed by atoms with Gasteiger partial charge in [0.25, 0.3) is 0 Å². The monoisotopic (exact) mass is 370 g/mol. The topological polar surface area (TPSA) is 49.4 Å². The van der Waals surface area contributed by atoms with Gasteiger partial charge in [0.05, 0.1) is 0 Å². The van der Waals surface area contributed by atoms with Crippen LogP contribution in [0.5, 0.6) is 0 Å². The second-order valence-electron chi connectivity index (χ2n) is 6.41. The van der Waals surface area contributed by atoms with E-state index in [0.717, 1.165) is 43.1 Å². The molecule has 1 saturated heterocycles. The van der Waals surface area contributed by atoms with Crippen molar-refractivity contribution in [1.29, 1.82) is 0 Å². The summed E-state index contributed by atoms with van der Waals surface area (Å²) in [5.41, 5.74) is 1.71. The van der Waals surface area contributed by atoms with Gasteiger partial charge in [-0.2, -0.15) is 0 Å². The first-order valence-corrected chi connectivity index (χ1v) is 8.86. The molecule has 0 spiro atoms. The van der Waals surface area contributed by atoms with Crippen LogP contribution in [0.1, 0.15) is 29.6 Å². The summed E-state index contributed by atoms with van der Waals surface area (Å²) in [7, 11) is 0. The van der Waals surface area contributed by atoms with Gasteiger partial charge < -0.3 is 10.2 Å². The maximum absolute atomic E-state index is 13.2. The molecule has 0 radical (unpaired) electrons. The Morgan fingerprint density at radius 1 is 0.889 bits per heavy atom. The fourth-order valence-corrected chi connectivity index (χ4v) is 2.99. The van der Waals surface area contributed by atoms with Crippen LogP contribution in [0, 0.1) is 11.6 Å². The maximum atomic E-state index is 13.2. The van der Waals surface area contributed by atoms with Gasteiger partial charge in [-0.15, -0.1) is 0 Å². The second-order valence-corrected chi connectivity index (χ2v) is 6.41. The zero-order chi connectivity index (χ0) is 19.2. The summed E-state index contributed by atoms with van der Waals surface area (Å²) >= 11 is 0. The predicted octanol–water partition coefficient (Wildman–Crippen LogP) is 4.33. The molecule has 3 rings (SSSR count). The van der Waals surface area contributed by atoms with Crippen LogP contribution in [0.4, 0.5) is 20.2 Å². The van der Waals surface area contributed by atoms with Crippen molar-refractivity contribution >= 4 is 23.1 Å². The number of amides is 1. The highest BCUT2D eigenvalue weighted by molar-refractivity contribution is 6.09. The summed E-state index contributed by atoms with van der Waals surface area (Å²) in [4.78, 5) is 26.2. The van der Waals surface area contributed by atoms with E-state index in [1.807, 2.05) is 24.3 Å². The first-order valence-electron chi connectivity index (χ1n) is 8.86. The van der Waals surface area contributed by atoms with Gasteiger partial charge in [0.2, 0.25) is 5.91 Å². The van der Waals surface area contributed by atoms with Gasteiger partial charge in [0.15, 0.2) is 17.4 Å². The highest BCUT2D eigenvalue weighted by atomic mass is 19.2. The van der Waals surface area contributed by atoms with E-state index in [0.29, 0.717) is 5.69 Å². The van der Waals surface area contributed by atoms with Crippen molar-refractivity contribution in [2.75, 3.05) is 23.3 Å². The summed E-state index contributed by atoms with van der Waals surface area (Å²) in [6, 6.07) is 10.4. The Hall–Kier alpha value is -3.02. The molecule has 140 valence electrons. The fourth-order valence-electron chi connectivity index (χ4n) is 2.99. The number of anilines is 2. The zero-order valence-corrected chi connectivity index (χ0v) is 14.8. The molecule has 1 N–H and O–H groups in total. The normalized spacial score (nSPS) is 14.4. The lowest BCUT2D eigenvalue weighted by Gasteiger charge is -2.28. The molecule has 6 heteroatoms. The third-order valence-corrected chi connectivity index (χ3v) is 4.45. The molecule has 2 aromatic rings. The van der Waals surface area contributed by atoms with E-state index in [1.54, 1.807) is 0 Å². The molecule has 0 unspecified atom stereocenters. The molecule has 1 heterocycles. The van der Waals surface area contributed by atoms with Gasteiger partial charge in [0.1, 0.15) is 0 Å². The van der Waals surface area contributed by atoms with Gasteiger partial charge in [-0.1, -0.05) is 0 Å². The van der Waals surface area contributed by atoms with Crippen LogP contribution in [0.2, 0.25) is 0 Å². The number of nitrogens with one attached hydrogen (secondary N) is 1. The summed E-state index contributed by atoms with van der Waals surface area (Å²) in [5, 5.41) is 2.67. The van der Waals surface area contributed by atoms with Crippen LogP contribution in [0.3, 0.4) is 0 Å². The summed E-state index contributed by atoms with van der Waals surface area (Å²) in [6.45, 7) is 2.08. The maximum Gasteiger partial charge on any atom is 0.248 e. The zero-order valence-electron chi connectivity index (χ0n) is 14.8. The summed E-state index contributed by atoms with van der Waals surface area (Å²) < 4.78 is 26.1. The SMILES string of the molecule is O=C(/C=C/C(=O)c1ccc(F)c(F)c1)Nc1ccc(N2CCCCC2)cc1. The van der Waals surface area contributed by atoms with E-state index in [9.17, 15) is 18.4 Å². The number of rotatable bonds is 5. The van der Waals surface area contributed by atoms with Crippen molar-refractivity contribution in [3.05, 3.63) is 71.8 Å². The molecular weight excluding hydrogens is 350 g/mol. The van der Waals surface area contributed by atoms with Crippen LogP contribution in [0.25, 0.3) is 0 Å².